The minimum atomic E-state index is -0.412. The predicted molar refractivity (Wildman–Crippen MR) is 137 cm³/mol. The first-order chi connectivity index (χ1) is 16.0. The molecule has 0 bridgehead atoms. The molecule has 0 saturated heterocycles. The third-order valence-corrected chi connectivity index (χ3v) is 4.92. The van der Waals surface area contributed by atoms with Crippen LogP contribution in [-0.4, -0.2) is 42.9 Å². The summed E-state index contributed by atoms with van der Waals surface area (Å²) in [4.78, 5) is 19.2. The monoisotopic (exact) mass is 455 g/mol. The highest BCUT2D eigenvalue weighted by Gasteiger charge is 2.13. The molecule has 2 rings (SSSR count). The second kappa shape index (κ2) is 15.9. The Balaban J connectivity index is 0.00000265. The van der Waals surface area contributed by atoms with E-state index in [-0.39, 0.29) is 5.84 Å². The van der Waals surface area contributed by atoms with Crippen molar-refractivity contribution in [2.45, 2.75) is 60.9 Å². The summed E-state index contributed by atoms with van der Waals surface area (Å²) in [5.41, 5.74) is 8.48. The van der Waals surface area contributed by atoms with Crippen molar-refractivity contribution in [3.8, 4) is 11.5 Å². The fourth-order valence-electron chi connectivity index (χ4n) is 3.24. The largest absolute Gasteiger partial charge is 0.490 e. The molecule has 0 fully saturated rings. The van der Waals surface area contributed by atoms with E-state index in [1.54, 1.807) is 18.2 Å². The van der Waals surface area contributed by atoms with Crippen LogP contribution in [0.1, 0.15) is 75.9 Å². The van der Waals surface area contributed by atoms with Gasteiger partial charge in [0.15, 0.2) is 11.5 Å². The van der Waals surface area contributed by atoms with E-state index in [1.807, 2.05) is 45.9 Å². The van der Waals surface area contributed by atoms with E-state index >= 15 is 0 Å². The molecule has 0 atom stereocenters. The number of benzene rings is 2. The van der Waals surface area contributed by atoms with Gasteiger partial charge in [-0.25, -0.2) is 0 Å². The predicted octanol–water partition coefficient (Wildman–Crippen LogP) is 5.68. The van der Waals surface area contributed by atoms with Crippen LogP contribution in [0.3, 0.4) is 0 Å². The summed E-state index contributed by atoms with van der Waals surface area (Å²) in [6, 6.07) is 13.0. The molecule has 0 unspecified atom stereocenters. The molecule has 33 heavy (non-hydrogen) atoms. The lowest BCUT2D eigenvalue weighted by molar-refractivity contribution is 0.100. The average Bonchev–Trinajstić information content (AvgIpc) is 2.84. The first kappa shape index (κ1) is 28.2. The summed E-state index contributed by atoms with van der Waals surface area (Å²) in [6.07, 6.45) is 2.35. The van der Waals surface area contributed by atoms with Crippen LogP contribution in [0, 0.1) is 0 Å². The molecule has 0 aliphatic rings. The molecule has 6 heteroatoms. The zero-order valence-electron chi connectivity index (χ0n) is 21.2. The Labute approximate surface area is 199 Å². The van der Waals surface area contributed by atoms with E-state index in [0.29, 0.717) is 30.3 Å². The maximum Gasteiger partial charge on any atom is 0.279 e. The van der Waals surface area contributed by atoms with Crippen molar-refractivity contribution < 1.29 is 14.3 Å². The molecule has 0 aliphatic carbocycles. The molecule has 0 saturated carbocycles. The van der Waals surface area contributed by atoms with Crippen molar-refractivity contribution in [2.24, 2.45) is 10.7 Å². The van der Waals surface area contributed by atoms with Crippen molar-refractivity contribution in [3.63, 3.8) is 0 Å². The molecule has 0 aliphatic heterocycles. The quantitative estimate of drug-likeness (QED) is 0.329. The van der Waals surface area contributed by atoms with E-state index in [0.717, 1.165) is 30.8 Å². The number of hydrogen-bond acceptors (Lipinski definition) is 4. The number of aliphatic imine (C=N–C) groups is 1. The number of rotatable bonds is 12. The Morgan fingerprint density at radius 2 is 1.64 bits per heavy atom. The van der Waals surface area contributed by atoms with Crippen LogP contribution in [0.15, 0.2) is 47.5 Å². The van der Waals surface area contributed by atoms with Gasteiger partial charge in [0.1, 0.15) is 5.84 Å². The van der Waals surface area contributed by atoms with E-state index in [9.17, 15) is 4.79 Å². The smallest absolute Gasteiger partial charge is 0.279 e. The van der Waals surface area contributed by atoms with Gasteiger partial charge >= 0.3 is 0 Å². The van der Waals surface area contributed by atoms with E-state index in [1.165, 1.54) is 12.8 Å². The van der Waals surface area contributed by atoms with Crippen LogP contribution in [0.4, 0.5) is 0 Å². The fourth-order valence-corrected chi connectivity index (χ4v) is 3.24. The Kier molecular flexibility index (Phi) is 13.5. The number of carbonyl (C=O) groups excluding carboxylic acids is 1. The lowest BCUT2D eigenvalue weighted by atomic mass is 10.1. The van der Waals surface area contributed by atoms with E-state index < -0.39 is 5.91 Å². The van der Waals surface area contributed by atoms with Crippen molar-refractivity contribution in [2.75, 3.05) is 26.3 Å². The Bertz CT molecular complexity index is 881. The van der Waals surface area contributed by atoms with Crippen molar-refractivity contribution in [1.29, 1.82) is 0 Å². The molecule has 6 nitrogen and oxygen atoms in total. The Hall–Kier alpha value is -2.86. The van der Waals surface area contributed by atoms with Crippen LogP contribution in [0.2, 0.25) is 0 Å². The molecule has 182 valence electrons. The Morgan fingerprint density at radius 3 is 2.27 bits per heavy atom. The summed E-state index contributed by atoms with van der Waals surface area (Å²) < 4.78 is 11.2. The molecular formula is C27H41N3O3. The normalized spacial score (nSPS) is 11.1. The molecule has 2 aromatic rings. The fraction of sp³-hybridized carbons (Fsp3) is 0.481. The number of amides is 1. The molecule has 0 spiro atoms. The summed E-state index contributed by atoms with van der Waals surface area (Å²) in [5.74, 6) is 0.923. The van der Waals surface area contributed by atoms with Crippen molar-refractivity contribution in [3.05, 3.63) is 59.2 Å². The second-order valence-corrected chi connectivity index (χ2v) is 7.25. The number of nitrogens with zero attached hydrogens (tertiary/aromatic N) is 2. The Morgan fingerprint density at radius 1 is 0.939 bits per heavy atom. The number of amidine groups is 1. The van der Waals surface area contributed by atoms with Gasteiger partial charge in [0.25, 0.3) is 5.91 Å². The van der Waals surface area contributed by atoms with Gasteiger partial charge in [0.05, 0.1) is 13.2 Å². The summed E-state index contributed by atoms with van der Waals surface area (Å²) >= 11 is 0. The van der Waals surface area contributed by atoms with Gasteiger partial charge < -0.3 is 15.2 Å². The van der Waals surface area contributed by atoms with Crippen LogP contribution in [-0.2, 0) is 6.54 Å². The van der Waals surface area contributed by atoms with Gasteiger partial charge in [-0.05, 0) is 63.2 Å². The van der Waals surface area contributed by atoms with Crippen LogP contribution in [0.5, 0.6) is 11.5 Å². The average molecular weight is 456 g/mol. The van der Waals surface area contributed by atoms with Crippen molar-refractivity contribution in [1.82, 2.24) is 4.90 Å². The molecular weight excluding hydrogens is 414 g/mol. The number of hydrogen-bond donors (Lipinski definition) is 1. The number of unbranched alkanes of at least 4 members (excludes halogenated alkanes) is 1. The standard InChI is InChI=1S/C25H35N3O3.C2H6/c1-5-9-15-28(6-2)18-19-11-10-12-20(16-19)24(26)27-25(29)21-13-14-22(30-7-3)23(17-21)31-8-4;1-2/h10-14,16-17H,5-9,15,18H2,1-4H3,(H2,26,27,29);1-2H3. The third-order valence-electron chi connectivity index (χ3n) is 4.92. The van der Waals surface area contributed by atoms with Crippen LogP contribution >= 0.6 is 0 Å². The van der Waals surface area contributed by atoms with E-state index in [4.69, 9.17) is 15.2 Å². The minimum absolute atomic E-state index is 0.204. The van der Waals surface area contributed by atoms with Gasteiger partial charge in [-0.15, -0.1) is 0 Å². The van der Waals surface area contributed by atoms with Gasteiger partial charge in [0.2, 0.25) is 0 Å². The minimum Gasteiger partial charge on any atom is -0.490 e. The maximum atomic E-state index is 12.7. The third kappa shape index (κ3) is 9.26. The summed E-state index contributed by atoms with van der Waals surface area (Å²) in [7, 11) is 0. The summed E-state index contributed by atoms with van der Waals surface area (Å²) in [5, 5.41) is 0. The van der Waals surface area contributed by atoms with Crippen LogP contribution < -0.4 is 15.2 Å². The highest BCUT2D eigenvalue weighted by atomic mass is 16.5. The molecule has 0 heterocycles. The van der Waals surface area contributed by atoms with Gasteiger partial charge in [-0.3, -0.25) is 9.69 Å². The van der Waals surface area contributed by atoms with Crippen LogP contribution in [0.25, 0.3) is 0 Å². The second-order valence-electron chi connectivity index (χ2n) is 7.25. The number of nitrogens with two attached hydrogens (primary N) is 1. The molecule has 1 amide bonds. The highest BCUT2D eigenvalue weighted by Crippen LogP contribution is 2.28. The number of carbonyl (C=O) groups is 1. The first-order valence-corrected chi connectivity index (χ1v) is 12.1. The summed E-state index contributed by atoms with van der Waals surface area (Å²) in [6.45, 7) is 16.1. The van der Waals surface area contributed by atoms with Gasteiger partial charge in [-0.1, -0.05) is 52.3 Å². The zero-order chi connectivity index (χ0) is 24.6. The lowest BCUT2D eigenvalue weighted by Gasteiger charge is -2.20. The van der Waals surface area contributed by atoms with Crippen molar-refractivity contribution >= 4 is 11.7 Å². The van der Waals surface area contributed by atoms with E-state index in [2.05, 4.69) is 29.8 Å². The maximum absolute atomic E-state index is 12.7. The zero-order valence-corrected chi connectivity index (χ0v) is 21.2. The van der Waals surface area contributed by atoms with Gasteiger partial charge in [-0.2, -0.15) is 4.99 Å². The highest BCUT2D eigenvalue weighted by molar-refractivity contribution is 6.09. The number of ether oxygens (including phenoxy) is 2. The topological polar surface area (TPSA) is 77.2 Å². The lowest BCUT2D eigenvalue weighted by Crippen LogP contribution is -2.24. The molecule has 2 N–H and O–H groups in total. The first-order valence-electron chi connectivity index (χ1n) is 12.1. The molecule has 2 aromatic carbocycles. The SMILES string of the molecule is CC.CCCCN(CC)Cc1cccc(C(N)=NC(=O)c2ccc(OCC)c(OCC)c2)c1. The molecule has 0 radical (unpaired) electrons. The van der Waals surface area contributed by atoms with Gasteiger partial charge in [0, 0.05) is 17.7 Å². The molecule has 0 aromatic heterocycles.